The van der Waals surface area contributed by atoms with Crippen LogP contribution in [0.5, 0.6) is 0 Å². The van der Waals surface area contributed by atoms with Crippen molar-refractivity contribution in [2.75, 3.05) is 43.4 Å². The van der Waals surface area contributed by atoms with Gasteiger partial charge in [0.25, 0.3) is 0 Å². The number of nitrogens with zero attached hydrogens (tertiary/aromatic N) is 3. The Labute approximate surface area is 190 Å². The van der Waals surface area contributed by atoms with E-state index in [-0.39, 0.29) is 5.91 Å². The van der Waals surface area contributed by atoms with Crippen LogP contribution in [0, 0.1) is 20.8 Å². The molecule has 0 radical (unpaired) electrons. The molecule has 1 N–H and O–H groups in total. The van der Waals surface area contributed by atoms with Gasteiger partial charge >= 0.3 is 0 Å². The molecule has 4 rings (SSSR count). The smallest absolute Gasteiger partial charge is 0.224 e. The molecule has 1 aromatic heterocycles. The van der Waals surface area contributed by atoms with Crippen molar-refractivity contribution >= 4 is 17.3 Å². The molecular formula is C26H32N4O2. The number of likely N-dealkylation sites (N-methyl/N-ethyl adjacent to an activating group) is 1. The van der Waals surface area contributed by atoms with E-state index in [1.165, 1.54) is 16.8 Å². The van der Waals surface area contributed by atoms with Gasteiger partial charge in [-0.25, -0.2) is 4.98 Å². The number of hydrogen-bond donors (Lipinski definition) is 1. The van der Waals surface area contributed by atoms with Crippen molar-refractivity contribution in [1.82, 2.24) is 9.88 Å². The molecule has 2 heterocycles. The van der Waals surface area contributed by atoms with Crippen molar-refractivity contribution < 1.29 is 9.21 Å². The number of aromatic nitrogens is 1. The highest BCUT2D eigenvalue weighted by Gasteiger charge is 2.16. The Morgan fingerprint density at radius 3 is 2.50 bits per heavy atom. The minimum atomic E-state index is -0.0358. The molecule has 2 aromatic carbocycles. The van der Waals surface area contributed by atoms with Crippen molar-refractivity contribution in [1.29, 1.82) is 0 Å². The predicted octanol–water partition coefficient (Wildman–Crippen LogP) is 4.59. The second-order valence-corrected chi connectivity index (χ2v) is 8.76. The van der Waals surface area contributed by atoms with Gasteiger partial charge in [-0.15, -0.1) is 0 Å². The average molecular weight is 433 g/mol. The zero-order valence-electron chi connectivity index (χ0n) is 19.4. The maximum Gasteiger partial charge on any atom is 0.224 e. The third-order valence-electron chi connectivity index (χ3n) is 6.26. The van der Waals surface area contributed by atoms with Crippen LogP contribution in [-0.4, -0.2) is 49.0 Å². The number of hydrogen-bond acceptors (Lipinski definition) is 5. The topological polar surface area (TPSA) is 61.6 Å². The van der Waals surface area contributed by atoms with E-state index in [1.54, 1.807) is 6.20 Å². The first kappa shape index (κ1) is 22.1. The van der Waals surface area contributed by atoms with Crippen LogP contribution in [0.2, 0.25) is 0 Å². The maximum absolute atomic E-state index is 12.5. The molecule has 0 unspecified atom stereocenters. The summed E-state index contributed by atoms with van der Waals surface area (Å²) in [5.41, 5.74) is 6.62. The Kier molecular flexibility index (Phi) is 6.61. The fourth-order valence-corrected chi connectivity index (χ4v) is 3.94. The van der Waals surface area contributed by atoms with Crippen LogP contribution >= 0.6 is 0 Å². The molecule has 6 nitrogen and oxygen atoms in total. The lowest BCUT2D eigenvalue weighted by Gasteiger charge is -2.34. The molecule has 0 spiro atoms. The SMILES string of the molecule is Cc1ccc(-c2cnc(CCC(=O)Nc3ccc(N4CCN(C)CC4)cc3C)o2)cc1C. The number of nitrogens with one attached hydrogen (secondary N) is 1. The van der Waals surface area contributed by atoms with E-state index >= 15 is 0 Å². The molecule has 6 heteroatoms. The number of amides is 1. The first-order valence-electron chi connectivity index (χ1n) is 11.3. The van der Waals surface area contributed by atoms with Gasteiger partial charge in [0.15, 0.2) is 11.7 Å². The predicted molar refractivity (Wildman–Crippen MR) is 129 cm³/mol. The fourth-order valence-electron chi connectivity index (χ4n) is 3.94. The van der Waals surface area contributed by atoms with E-state index in [0.717, 1.165) is 48.8 Å². The number of rotatable bonds is 6. The number of aryl methyl sites for hydroxylation is 4. The van der Waals surface area contributed by atoms with E-state index in [2.05, 4.69) is 65.3 Å². The zero-order chi connectivity index (χ0) is 22.7. The summed E-state index contributed by atoms with van der Waals surface area (Å²) >= 11 is 0. The molecule has 1 aliphatic heterocycles. The summed E-state index contributed by atoms with van der Waals surface area (Å²) in [5.74, 6) is 1.28. The Bertz CT molecular complexity index is 1100. The molecule has 3 aromatic rings. The summed E-state index contributed by atoms with van der Waals surface area (Å²) in [5, 5.41) is 3.03. The minimum absolute atomic E-state index is 0.0358. The molecule has 0 saturated carbocycles. The van der Waals surface area contributed by atoms with E-state index in [4.69, 9.17) is 4.42 Å². The third-order valence-corrected chi connectivity index (χ3v) is 6.26. The first-order chi connectivity index (χ1) is 15.4. The van der Waals surface area contributed by atoms with Gasteiger partial charge in [0.2, 0.25) is 5.91 Å². The minimum Gasteiger partial charge on any atom is -0.441 e. The molecule has 0 bridgehead atoms. The highest BCUT2D eigenvalue weighted by molar-refractivity contribution is 5.91. The van der Waals surface area contributed by atoms with Crippen molar-refractivity contribution in [2.24, 2.45) is 0 Å². The largest absolute Gasteiger partial charge is 0.441 e. The zero-order valence-corrected chi connectivity index (χ0v) is 19.4. The van der Waals surface area contributed by atoms with Crippen LogP contribution in [0.4, 0.5) is 11.4 Å². The van der Waals surface area contributed by atoms with E-state index < -0.39 is 0 Å². The van der Waals surface area contributed by atoms with E-state index in [0.29, 0.717) is 18.7 Å². The summed E-state index contributed by atoms with van der Waals surface area (Å²) in [6.07, 6.45) is 2.53. The van der Waals surface area contributed by atoms with Gasteiger partial charge < -0.3 is 19.5 Å². The number of carbonyl (C=O) groups is 1. The lowest BCUT2D eigenvalue weighted by atomic mass is 10.1. The van der Waals surface area contributed by atoms with Crippen molar-refractivity contribution in [3.05, 3.63) is 65.2 Å². The lowest BCUT2D eigenvalue weighted by Crippen LogP contribution is -2.44. The normalized spacial score (nSPS) is 14.6. The summed E-state index contributed by atoms with van der Waals surface area (Å²) < 4.78 is 5.88. The van der Waals surface area contributed by atoms with Gasteiger partial charge in [0.1, 0.15) is 0 Å². The summed E-state index contributed by atoms with van der Waals surface area (Å²) in [4.78, 5) is 21.6. The standard InChI is InChI=1S/C26H32N4O2/c1-18-5-6-21(15-19(18)2)24-17-27-26(32-24)10-9-25(31)28-23-8-7-22(16-20(23)3)30-13-11-29(4)12-14-30/h5-8,15-17H,9-14H2,1-4H3,(H,28,31). The van der Waals surface area contributed by atoms with Crippen LogP contribution in [0.1, 0.15) is 29.0 Å². The fraction of sp³-hybridized carbons (Fsp3) is 0.385. The third kappa shape index (κ3) is 5.19. The molecule has 168 valence electrons. The van der Waals surface area contributed by atoms with Gasteiger partial charge in [-0.1, -0.05) is 12.1 Å². The van der Waals surface area contributed by atoms with E-state index in [9.17, 15) is 4.79 Å². The molecule has 1 saturated heterocycles. The van der Waals surface area contributed by atoms with Crippen LogP contribution in [0.25, 0.3) is 11.3 Å². The quantitative estimate of drug-likeness (QED) is 0.617. The van der Waals surface area contributed by atoms with Gasteiger partial charge in [0.05, 0.1) is 6.20 Å². The van der Waals surface area contributed by atoms with Crippen LogP contribution in [-0.2, 0) is 11.2 Å². The molecule has 1 aliphatic rings. The second kappa shape index (κ2) is 9.57. The van der Waals surface area contributed by atoms with Gasteiger partial charge in [0, 0.05) is 56.0 Å². The van der Waals surface area contributed by atoms with Gasteiger partial charge in [-0.05, 0) is 68.8 Å². The molecular weight excluding hydrogens is 400 g/mol. The molecule has 32 heavy (non-hydrogen) atoms. The Morgan fingerprint density at radius 2 is 1.78 bits per heavy atom. The number of anilines is 2. The van der Waals surface area contributed by atoms with Gasteiger partial charge in [-0.3, -0.25) is 4.79 Å². The highest BCUT2D eigenvalue weighted by atomic mass is 16.4. The summed E-state index contributed by atoms with van der Waals surface area (Å²) in [6, 6.07) is 12.5. The van der Waals surface area contributed by atoms with Crippen molar-refractivity contribution in [3.63, 3.8) is 0 Å². The van der Waals surface area contributed by atoms with Crippen LogP contribution in [0.15, 0.2) is 47.0 Å². The second-order valence-electron chi connectivity index (χ2n) is 8.76. The van der Waals surface area contributed by atoms with Crippen molar-refractivity contribution in [2.45, 2.75) is 33.6 Å². The number of piperazine rings is 1. The first-order valence-corrected chi connectivity index (χ1v) is 11.3. The number of carbonyl (C=O) groups excluding carboxylic acids is 1. The van der Waals surface area contributed by atoms with Crippen LogP contribution in [0.3, 0.4) is 0 Å². The molecule has 0 atom stereocenters. The average Bonchev–Trinajstić information content (AvgIpc) is 3.25. The summed E-state index contributed by atoms with van der Waals surface area (Å²) in [7, 11) is 2.16. The molecule has 1 fully saturated rings. The number of oxazole rings is 1. The summed E-state index contributed by atoms with van der Waals surface area (Å²) in [6.45, 7) is 10.4. The Morgan fingerprint density at radius 1 is 1.00 bits per heavy atom. The van der Waals surface area contributed by atoms with Gasteiger partial charge in [-0.2, -0.15) is 0 Å². The lowest BCUT2D eigenvalue weighted by molar-refractivity contribution is -0.116. The van der Waals surface area contributed by atoms with Crippen LogP contribution < -0.4 is 10.2 Å². The number of benzene rings is 2. The monoisotopic (exact) mass is 432 g/mol. The Hall–Kier alpha value is -3.12. The Balaban J connectivity index is 1.32. The van der Waals surface area contributed by atoms with E-state index in [1.807, 2.05) is 19.1 Å². The molecule has 1 amide bonds. The highest BCUT2D eigenvalue weighted by Crippen LogP contribution is 2.25. The molecule has 0 aliphatic carbocycles. The van der Waals surface area contributed by atoms with Crippen molar-refractivity contribution in [3.8, 4) is 11.3 Å². The maximum atomic E-state index is 12.5.